The maximum absolute atomic E-state index is 12.1. The molecule has 12 nitrogen and oxygen atoms in total. The largest absolute Gasteiger partial charge is 0.455 e. The van der Waals surface area contributed by atoms with Crippen LogP contribution >= 0.6 is 34.8 Å². The molecule has 1 amide bonds. The molecular weight excluding hydrogens is 477 g/mol. The van der Waals surface area contributed by atoms with Crippen LogP contribution in [0.4, 0.5) is 4.79 Å². The van der Waals surface area contributed by atoms with Gasteiger partial charge < -0.3 is 33.9 Å². The first-order valence-electron chi connectivity index (χ1n) is 8.21. The Morgan fingerprint density at radius 3 is 2.00 bits per heavy atom. The number of amides is 1. The topological polar surface area (TPSA) is 167 Å². The highest BCUT2D eigenvalue weighted by Gasteiger charge is 2.62. The number of esters is 3. The highest BCUT2D eigenvalue weighted by Crippen LogP contribution is 2.34. The molecule has 5 atom stereocenters. The van der Waals surface area contributed by atoms with Gasteiger partial charge in [-0.3, -0.25) is 19.7 Å². The van der Waals surface area contributed by atoms with Crippen LogP contribution in [0.25, 0.3) is 0 Å². The molecule has 0 aromatic rings. The SMILES string of the molecule is CC(=O)O[C@@H]1[C@@H](CO)O[C@H](OC(C)=O)[C@@](O)(NC(=O)OCC(Cl)(Cl)Cl)[C@H]1OC(C)=O. The maximum atomic E-state index is 12.1. The lowest BCUT2D eigenvalue weighted by atomic mass is 9.92. The van der Waals surface area contributed by atoms with E-state index >= 15 is 0 Å². The highest BCUT2D eigenvalue weighted by atomic mass is 35.6. The van der Waals surface area contributed by atoms with Crippen molar-refractivity contribution < 1.29 is 53.1 Å². The third-order valence-corrected chi connectivity index (χ3v) is 3.80. The van der Waals surface area contributed by atoms with Gasteiger partial charge >= 0.3 is 24.0 Å². The summed E-state index contributed by atoms with van der Waals surface area (Å²) in [5, 5.41) is 22.6. The van der Waals surface area contributed by atoms with Crippen molar-refractivity contribution in [1.82, 2.24) is 5.32 Å². The predicted molar refractivity (Wildman–Crippen MR) is 98.3 cm³/mol. The summed E-state index contributed by atoms with van der Waals surface area (Å²) in [6, 6.07) is 0. The normalized spacial score (nSPS) is 28.8. The fourth-order valence-corrected chi connectivity index (χ4v) is 2.64. The van der Waals surface area contributed by atoms with Crippen molar-refractivity contribution in [2.75, 3.05) is 13.2 Å². The van der Waals surface area contributed by atoms with Gasteiger partial charge in [0.1, 0.15) is 12.7 Å². The molecule has 3 N–H and O–H groups in total. The summed E-state index contributed by atoms with van der Waals surface area (Å²) >= 11 is 16.4. The molecule has 0 unspecified atom stereocenters. The minimum absolute atomic E-state index is 0.746. The summed E-state index contributed by atoms with van der Waals surface area (Å²) in [7, 11) is 0. The van der Waals surface area contributed by atoms with E-state index in [0.717, 1.165) is 20.8 Å². The zero-order chi connectivity index (χ0) is 23.3. The lowest BCUT2D eigenvalue weighted by Crippen LogP contribution is -2.75. The Morgan fingerprint density at radius 2 is 1.57 bits per heavy atom. The Labute approximate surface area is 185 Å². The van der Waals surface area contributed by atoms with E-state index in [1.54, 1.807) is 0 Å². The van der Waals surface area contributed by atoms with Gasteiger partial charge in [-0.05, 0) is 0 Å². The van der Waals surface area contributed by atoms with Gasteiger partial charge in [0.25, 0.3) is 6.29 Å². The van der Waals surface area contributed by atoms with Crippen LogP contribution in [-0.2, 0) is 38.1 Å². The summed E-state index contributed by atoms with van der Waals surface area (Å²) in [5.74, 6) is -2.85. The molecule has 1 aliphatic heterocycles. The van der Waals surface area contributed by atoms with E-state index in [1.165, 1.54) is 0 Å². The quantitative estimate of drug-likeness (QED) is 0.195. The second-order valence-corrected chi connectivity index (χ2v) is 8.56. The molecule has 15 heteroatoms. The van der Waals surface area contributed by atoms with Crippen LogP contribution in [0.1, 0.15) is 20.8 Å². The monoisotopic (exact) mass is 495 g/mol. The number of hydrogen-bond acceptors (Lipinski definition) is 11. The van der Waals surface area contributed by atoms with E-state index in [1.807, 2.05) is 5.32 Å². The second kappa shape index (κ2) is 10.6. The summed E-state index contributed by atoms with van der Waals surface area (Å²) < 4.78 is 22.8. The number of carbonyl (C=O) groups excluding carboxylic acids is 4. The molecule has 0 aliphatic carbocycles. The molecule has 0 radical (unpaired) electrons. The maximum Gasteiger partial charge on any atom is 0.409 e. The van der Waals surface area contributed by atoms with E-state index in [-0.39, 0.29) is 0 Å². The second-order valence-electron chi connectivity index (χ2n) is 6.04. The van der Waals surface area contributed by atoms with Gasteiger partial charge in [-0.15, -0.1) is 0 Å². The Kier molecular flexibility index (Phi) is 9.39. The summed E-state index contributed by atoms with van der Waals surface area (Å²) in [6.07, 6.45) is -8.37. The molecule has 0 aromatic heterocycles. The molecule has 1 fully saturated rings. The first-order valence-corrected chi connectivity index (χ1v) is 9.35. The number of aliphatic hydroxyl groups is 2. The third-order valence-electron chi connectivity index (χ3n) is 3.47. The Hall–Kier alpha value is -1.57. The average Bonchev–Trinajstić information content (AvgIpc) is 2.57. The fraction of sp³-hybridized carbons (Fsp3) is 0.733. The molecule has 1 aliphatic rings. The molecule has 0 bridgehead atoms. The zero-order valence-electron chi connectivity index (χ0n) is 15.9. The number of ether oxygens (including phenoxy) is 5. The molecule has 30 heavy (non-hydrogen) atoms. The Bertz CT molecular complexity index is 671. The van der Waals surface area contributed by atoms with Gasteiger partial charge in [-0.1, -0.05) is 34.8 Å². The number of rotatable bonds is 6. The van der Waals surface area contributed by atoms with E-state index in [0.29, 0.717) is 0 Å². The molecule has 172 valence electrons. The minimum Gasteiger partial charge on any atom is -0.455 e. The fourth-order valence-electron chi connectivity index (χ4n) is 2.48. The van der Waals surface area contributed by atoms with Crippen molar-refractivity contribution in [3.05, 3.63) is 0 Å². The average molecular weight is 497 g/mol. The molecule has 1 heterocycles. The molecular formula is C15H20Cl3NO11. The van der Waals surface area contributed by atoms with Crippen LogP contribution < -0.4 is 5.32 Å². The summed E-state index contributed by atoms with van der Waals surface area (Å²) in [4.78, 5) is 46.7. The lowest BCUT2D eigenvalue weighted by molar-refractivity contribution is -0.339. The van der Waals surface area contributed by atoms with Crippen molar-refractivity contribution >= 4 is 58.8 Å². The van der Waals surface area contributed by atoms with Gasteiger partial charge in [0.15, 0.2) is 12.2 Å². The van der Waals surface area contributed by atoms with Crippen LogP contribution in [0.5, 0.6) is 0 Å². The van der Waals surface area contributed by atoms with Gasteiger partial charge in [-0.25, -0.2) is 4.79 Å². The minimum atomic E-state index is -2.84. The van der Waals surface area contributed by atoms with Crippen molar-refractivity contribution in [2.24, 2.45) is 0 Å². The predicted octanol–water partition coefficient (Wildman–Crippen LogP) is -0.0849. The number of halogens is 3. The molecule has 1 saturated heterocycles. The van der Waals surface area contributed by atoms with Gasteiger partial charge in [0.2, 0.25) is 9.52 Å². The van der Waals surface area contributed by atoms with Crippen LogP contribution in [0.15, 0.2) is 0 Å². The van der Waals surface area contributed by atoms with Gasteiger partial charge in [0.05, 0.1) is 6.61 Å². The standard InChI is InChI=1S/C15H20Cl3NO11/c1-6(21)27-10-9(4-20)30-12(29-8(3)23)15(25,11(10)28-7(2)22)19-13(24)26-5-14(16,17)18/h9-12,20,25H,4-5H2,1-3H3,(H,19,24)/t9-,10-,11+,12+,15-/m1/s1. The number of alkyl carbamates (subject to hydrolysis) is 1. The lowest BCUT2D eigenvalue weighted by Gasteiger charge is -2.48. The van der Waals surface area contributed by atoms with E-state index < -0.39 is 71.3 Å². The van der Waals surface area contributed by atoms with Crippen LogP contribution in [0, 0.1) is 0 Å². The molecule has 0 saturated carbocycles. The van der Waals surface area contributed by atoms with E-state index in [2.05, 4.69) is 4.74 Å². The molecule has 0 aromatic carbocycles. The Morgan fingerprint density at radius 1 is 1.03 bits per heavy atom. The Balaban J connectivity index is 3.35. The number of alkyl halides is 3. The third kappa shape index (κ3) is 7.60. The first kappa shape index (κ1) is 26.5. The number of carbonyl (C=O) groups is 4. The van der Waals surface area contributed by atoms with E-state index in [4.69, 9.17) is 53.8 Å². The van der Waals surface area contributed by atoms with Crippen molar-refractivity contribution in [2.45, 2.75) is 54.9 Å². The van der Waals surface area contributed by atoms with Crippen LogP contribution in [0.2, 0.25) is 0 Å². The van der Waals surface area contributed by atoms with Gasteiger partial charge in [0, 0.05) is 20.8 Å². The van der Waals surface area contributed by atoms with Crippen molar-refractivity contribution in [1.29, 1.82) is 0 Å². The van der Waals surface area contributed by atoms with Crippen molar-refractivity contribution in [3.8, 4) is 0 Å². The smallest absolute Gasteiger partial charge is 0.409 e. The van der Waals surface area contributed by atoms with Crippen LogP contribution in [0.3, 0.4) is 0 Å². The summed E-state index contributed by atoms with van der Waals surface area (Å²) in [5.41, 5.74) is -2.84. The van der Waals surface area contributed by atoms with E-state index in [9.17, 15) is 29.4 Å². The highest BCUT2D eigenvalue weighted by molar-refractivity contribution is 6.67. The van der Waals surface area contributed by atoms with Crippen LogP contribution in [-0.4, -0.2) is 81.5 Å². The van der Waals surface area contributed by atoms with Crippen molar-refractivity contribution in [3.63, 3.8) is 0 Å². The number of aliphatic hydroxyl groups excluding tert-OH is 1. The summed E-state index contributed by atoms with van der Waals surface area (Å²) in [6.45, 7) is 1.36. The zero-order valence-corrected chi connectivity index (χ0v) is 18.2. The number of hydrogen-bond donors (Lipinski definition) is 3. The van der Waals surface area contributed by atoms with Gasteiger partial charge in [-0.2, -0.15) is 0 Å². The number of nitrogens with one attached hydrogen (secondary N) is 1. The molecule has 1 rings (SSSR count). The first-order chi connectivity index (χ1) is 13.7. The molecule has 0 spiro atoms.